The van der Waals surface area contributed by atoms with Gasteiger partial charge in [-0.15, -0.1) is 0 Å². The van der Waals surface area contributed by atoms with Crippen molar-refractivity contribution in [3.63, 3.8) is 0 Å². The molecule has 1 atom stereocenters. The lowest BCUT2D eigenvalue weighted by atomic mass is 9.99. The number of benzene rings is 1. The Morgan fingerprint density at radius 3 is 2.50 bits per heavy atom. The molecule has 1 unspecified atom stereocenters. The van der Waals surface area contributed by atoms with Crippen LogP contribution in [0.5, 0.6) is 0 Å². The predicted octanol–water partition coefficient (Wildman–Crippen LogP) is 4.16. The minimum Gasteiger partial charge on any atom is -0.307 e. The van der Waals surface area contributed by atoms with Gasteiger partial charge in [0.25, 0.3) is 0 Å². The minimum atomic E-state index is -0.0527. The second kappa shape index (κ2) is 7.81. The molecule has 1 heterocycles. The number of amides is 2. The van der Waals surface area contributed by atoms with Gasteiger partial charge in [0.2, 0.25) is 0 Å². The fourth-order valence-electron chi connectivity index (χ4n) is 4.80. The Bertz CT molecular complexity index is 656. The van der Waals surface area contributed by atoms with Crippen molar-refractivity contribution in [3.8, 4) is 0 Å². The molecule has 2 amide bonds. The lowest BCUT2D eigenvalue weighted by molar-refractivity contribution is 0.257. The van der Waals surface area contributed by atoms with E-state index in [2.05, 4.69) is 34.9 Å². The van der Waals surface area contributed by atoms with E-state index < -0.39 is 0 Å². The molecule has 1 aromatic rings. The SMILES string of the molecule is CC(C)N1CCC(CSNC(=O)Nc2c3c(cc4c2CCC4)CCC3)C1. The van der Waals surface area contributed by atoms with Crippen molar-refractivity contribution in [1.82, 2.24) is 9.62 Å². The Labute approximate surface area is 161 Å². The summed E-state index contributed by atoms with van der Waals surface area (Å²) >= 11 is 1.57. The van der Waals surface area contributed by atoms with E-state index in [0.29, 0.717) is 12.0 Å². The maximum absolute atomic E-state index is 12.5. The monoisotopic (exact) mass is 373 g/mol. The Hall–Kier alpha value is -1.20. The molecule has 4 rings (SSSR count). The van der Waals surface area contributed by atoms with Crippen LogP contribution in [-0.4, -0.2) is 35.8 Å². The zero-order valence-electron chi connectivity index (χ0n) is 16.1. The highest BCUT2D eigenvalue weighted by Gasteiger charge is 2.26. The number of likely N-dealkylation sites (tertiary alicyclic amines) is 1. The fraction of sp³-hybridized carbons (Fsp3) is 0.667. The quantitative estimate of drug-likeness (QED) is 0.762. The van der Waals surface area contributed by atoms with Crippen LogP contribution in [0.2, 0.25) is 0 Å². The van der Waals surface area contributed by atoms with Gasteiger partial charge in [-0.25, -0.2) is 4.79 Å². The van der Waals surface area contributed by atoms with Crippen molar-refractivity contribution in [2.24, 2.45) is 5.92 Å². The number of fused-ring (bicyclic) bond motifs is 2. The molecule has 3 aliphatic rings. The van der Waals surface area contributed by atoms with Gasteiger partial charge in [0, 0.05) is 24.0 Å². The summed E-state index contributed by atoms with van der Waals surface area (Å²) in [5.74, 6) is 1.69. The van der Waals surface area contributed by atoms with Crippen LogP contribution in [0.3, 0.4) is 0 Å². The molecule has 142 valence electrons. The van der Waals surface area contributed by atoms with E-state index in [1.807, 2.05) is 0 Å². The number of anilines is 1. The van der Waals surface area contributed by atoms with Crippen LogP contribution in [-0.2, 0) is 25.7 Å². The van der Waals surface area contributed by atoms with Crippen LogP contribution in [0.25, 0.3) is 0 Å². The average molecular weight is 374 g/mol. The van der Waals surface area contributed by atoms with E-state index in [1.165, 1.54) is 60.9 Å². The zero-order chi connectivity index (χ0) is 18.1. The van der Waals surface area contributed by atoms with Crippen LogP contribution < -0.4 is 10.0 Å². The second-order valence-electron chi connectivity index (χ2n) is 8.34. The first-order valence-electron chi connectivity index (χ1n) is 10.2. The van der Waals surface area contributed by atoms with E-state index in [-0.39, 0.29) is 6.03 Å². The molecule has 5 heteroatoms. The van der Waals surface area contributed by atoms with E-state index >= 15 is 0 Å². The number of rotatable bonds is 5. The maximum atomic E-state index is 12.5. The van der Waals surface area contributed by atoms with Gasteiger partial charge in [0.15, 0.2) is 0 Å². The van der Waals surface area contributed by atoms with Crippen LogP contribution in [0, 0.1) is 5.92 Å². The van der Waals surface area contributed by atoms with Crippen molar-refractivity contribution < 1.29 is 4.79 Å². The third-order valence-electron chi connectivity index (χ3n) is 6.24. The largest absolute Gasteiger partial charge is 0.329 e. The Morgan fingerprint density at radius 1 is 1.19 bits per heavy atom. The first kappa shape index (κ1) is 18.2. The maximum Gasteiger partial charge on any atom is 0.329 e. The number of nitrogens with one attached hydrogen (secondary N) is 2. The summed E-state index contributed by atoms with van der Waals surface area (Å²) in [5.41, 5.74) is 6.86. The number of nitrogens with zero attached hydrogens (tertiary/aromatic N) is 1. The summed E-state index contributed by atoms with van der Waals surface area (Å²) in [6.45, 7) is 6.88. The second-order valence-corrected chi connectivity index (χ2v) is 9.17. The van der Waals surface area contributed by atoms with Gasteiger partial charge in [-0.1, -0.05) is 6.07 Å². The van der Waals surface area contributed by atoms with Crippen molar-refractivity contribution in [2.75, 3.05) is 24.2 Å². The molecule has 0 saturated carbocycles. The van der Waals surface area contributed by atoms with E-state index in [4.69, 9.17) is 0 Å². The van der Waals surface area contributed by atoms with Crippen molar-refractivity contribution >= 4 is 23.7 Å². The summed E-state index contributed by atoms with van der Waals surface area (Å²) < 4.78 is 3.03. The summed E-state index contributed by atoms with van der Waals surface area (Å²) in [7, 11) is 0. The van der Waals surface area contributed by atoms with Gasteiger partial charge in [-0.2, -0.15) is 0 Å². The summed E-state index contributed by atoms with van der Waals surface area (Å²) in [4.78, 5) is 15.0. The minimum absolute atomic E-state index is 0.0527. The number of aryl methyl sites for hydroxylation is 2. The summed E-state index contributed by atoms with van der Waals surface area (Å²) in [5, 5.41) is 3.21. The number of hydrogen-bond acceptors (Lipinski definition) is 3. The highest BCUT2D eigenvalue weighted by molar-refractivity contribution is 7.97. The van der Waals surface area contributed by atoms with Crippen LogP contribution in [0.15, 0.2) is 6.07 Å². The first-order valence-corrected chi connectivity index (χ1v) is 11.2. The van der Waals surface area contributed by atoms with Crippen LogP contribution in [0.1, 0.15) is 55.4 Å². The highest BCUT2D eigenvalue weighted by atomic mass is 32.2. The van der Waals surface area contributed by atoms with Gasteiger partial charge in [-0.05, 0) is 105 Å². The van der Waals surface area contributed by atoms with Crippen LogP contribution >= 0.6 is 11.9 Å². The predicted molar refractivity (Wildman–Crippen MR) is 110 cm³/mol. The number of carbonyl (C=O) groups is 1. The Morgan fingerprint density at radius 2 is 1.88 bits per heavy atom. The first-order chi connectivity index (χ1) is 12.6. The lowest BCUT2D eigenvalue weighted by Crippen LogP contribution is -2.29. The number of carbonyl (C=O) groups excluding carboxylic acids is 1. The molecule has 1 fully saturated rings. The molecule has 1 aromatic carbocycles. The molecule has 0 aromatic heterocycles. The molecule has 2 aliphatic carbocycles. The number of urea groups is 1. The van der Waals surface area contributed by atoms with Crippen molar-refractivity contribution in [3.05, 3.63) is 28.3 Å². The molecule has 1 saturated heterocycles. The molecule has 0 spiro atoms. The van der Waals surface area contributed by atoms with Crippen molar-refractivity contribution in [1.29, 1.82) is 0 Å². The van der Waals surface area contributed by atoms with E-state index in [0.717, 1.165) is 30.8 Å². The Balaban J connectivity index is 1.32. The van der Waals surface area contributed by atoms with Gasteiger partial charge in [-0.3, -0.25) is 4.72 Å². The lowest BCUT2D eigenvalue weighted by Gasteiger charge is -2.20. The van der Waals surface area contributed by atoms with Gasteiger partial charge in [0.05, 0.1) is 0 Å². The van der Waals surface area contributed by atoms with E-state index in [9.17, 15) is 4.79 Å². The Kier molecular flexibility index (Phi) is 5.46. The van der Waals surface area contributed by atoms with E-state index in [1.54, 1.807) is 11.9 Å². The molecular weight excluding hydrogens is 342 g/mol. The normalized spacial score (nSPS) is 21.9. The molecule has 0 radical (unpaired) electrons. The zero-order valence-corrected chi connectivity index (χ0v) is 16.9. The fourth-order valence-corrected chi connectivity index (χ4v) is 5.57. The molecule has 0 bridgehead atoms. The number of hydrogen-bond donors (Lipinski definition) is 2. The molecule has 4 nitrogen and oxygen atoms in total. The smallest absolute Gasteiger partial charge is 0.307 e. The third-order valence-corrected chi connectivity index (χ3v) is 7.21. The van der Waals surface area contributed by atoms with Crippen molar-refractivity contribution in [2.45, 2.75) is 64.8 Å². The average Bonchev–Trinajstić information content (AvgIpc) is 3.34. The topological polar surface area (TPSA) is 44.4 Å². The molecular formula is C21H31N3OS. The third kappa shape index (κ3) is 3.74. The standard InChI is InChI=1S/C21H31N3OS/c1-14(2)24-10-9-15(12-24)13-26-23-21(25)22-20-18-7-3-5-16(18)11-17-6-4-8-19(17)20/h11,14-15H,3-10,12-13H2,1-2H3,(H2,22,23,25). The van der Waals surface area contributed by atoms with Gasteiger partial charge >= 0.3 is 6.03 Å². The molecule has 1 aliphatic heterocycles. The molecule has 2 N–H and O–H groups in total. The summed E-state index contributed by atoms with van der Waals surface area (Å²) in [6, 6.07) is 2.98. The molecule has 26 heavy (non-hydrogen) atoms. The highest BCUT2D eigenvalue weighted by Crippen LogP contribution is 2.38. The van der Waals surface area contributed by atoms with Gasteiger partial charge in [0.1, 0.15) is 0 Å². The van der Waals surface area contributed by atoms with Gasteiger partial charge < -0.3 is 10.2 Å². The summed E-state index contributed by atoms with van der Waals surface area (Å²) in [6.07, 6.45) is 8.24. The van der Waals surface area contributed by atoms with Crippen LogP contribution in [0.4, 0.5) is 10.5 Å².